The Morgan fingerprint density at radius 2 is 2.10 bits per heavy atom. The van der Waals surface area contributed by atoms with E-state index >= 15 is 0 Å². The number of halogens is 4. The predicted octanol–water partition coefficient (Wildman–Crippen LogP) is 3.62. The first-order chi connectivity index (χ1) is 9.79. The Morgan fingerprint density at radius 3 is 2.76 bits per heavy atom. The summed E-state index contributed by atoms with van der Waals surface area (Å²) in [5.41, 5.74) is -0.631. The van der Waals surface area contributed by atoms with E-state index in [-0.39, 0.29) is 10.7 Å². The molecule has 0 saturated heterocycles. The molecule has 4 nitrogen and oxygen atoms in total. The van der Waals surface area contributed by atoms with Gasteiger partial charge in [-0.2, -0.15) is 18.3 Å². The molecule has 0 aliphatic heterocycles. The van der Waals surface area contributed by atoms with Gasteiger partial charge in [-0.25, -0.2) is 5.10 Å². The maximum atomic E-state index is 12.7. The number of rotatable bonds is 3. The van der Waals surface area contributed by atoms with Gasteiger partial charge < -0.3 is 5.32 Å². The zero-order valence-electron chi connectivity index (χ0n) is 10.8. The van der Waals surface area contributed by atoms with Crippen LogP contribution in [0.2, 0.25) is 5.02 Å². The van der Waals surface area contributed by atoms with Gasteiger partial charge in [-0.1, -0.05) is 23.7 Å². The van der Waals surface area contributed by atoms with Crippen LogP contribution in [0.4, 0.5) is 18.9 Å². The Bertz CT molecular complexity index is 700. The Morgan fingerprint density at radius 1 is 1.38 bits per heavy atom. The molecule has 112 valence electrons. The fourth-order valence-electron chi connectivity index (χ4n) is 1.79. The maximum Gasteiger partial charge on any atom is 0.416 e. The third-order valence-electron chi connectivity index (χ3n) is 2.88. The van der Waals surface area contributed by atoms with Crippen molar-refractivity contribution in [1.82, 2.24) is 10.2 Å². The van der Waals surface area contributed by atoms with E-state index in [9.17, 15) is 18.0 Å². The molecule has 0 saturated carbocycles. The average molecular weight is 318 g/mol. The lowest BCUT2D eigenvalue weighted by Gasteiger charge is -2.17. The van der Waals surface area contributed by atoms with E-state index in [1.807, 2.05) is 0 Å². The predicted molar refractivity (Wildman–Crippen MR) is 73.3 cm³/mol. The van der Waals surface area contributed by atoms with Crippen molar-refractivity contribution in [2.45, 2.75) is 19.1 Å². The molecular weight excluding hydrogens is 307 g/mol. The smallest absolute Gasteiger partial charge is 0.376 e. The Kier molecular flexibility index (Phi) is 4.22. The Balaban J connectivity index is 2.27. The molecule has 2 aromatic rings. The number of anilines is 1. The average Bonchev–Trinajstić information content (AvgIpc) is 2.43. The number of alkyl halides is 3. The van der Waals surface area contributed by atoms with Gasteiger partial charge >= 0.3 is 6.18 Å². The number of aromatic amines is 1. The largest absolute Gasteiger partial charge is 0.416 e. The minimum atomic E-state index is -4.40. The van der Waals surface area contributed by atoms with Crippen molar-refractivity contribution in [3.63, 3.8) is 0 Å². The molecule has 1 atom stereocenters. The zero-order valence-corrected chi connectivity index (χ0v) is 11.6. The van der Waals surface area contributed by atoms with Crippen molar-refractivity contribution in [2.24, 2.45) is 0 Å². The molecule has 0 aliphatic rings. The summed E-state index contributed by atoms with van der Waals surface area (Å²) < 4.78 is 38.0. The molecule has 0 fully saturated rings. The van der Waals surface area contributed by atoms with E-state index in [4.69, 9.17) is 11.6 Å². The van der Waals surface area contributed by atoms with Gasteiger partial charge in [0.05, 0.1) is 17.4 Å². The van der Waals surface area contributed by atoms with E-state index in [0.29, 0.717) is 5.56 Å². The van der Waals surface area contributed by atoms with Gasteiger partial charge in [-0.3, -0.25) is 4.79 Å². The quantitative estimate of drug-likeness (QED) is 0.909. The summed E-state index contributed by atoms with van der Waals surface area (Å²) in [6, 6.07) is 4.45. The second-order valence-electron chi connectivity index (χ2n) is 4.42. The van der Waals surface area contributed by atoms with Crippen LogP contribution in [0.5, 0.6) is 0 Å². The molecule has 8 heteroatoms. The lowest BCUT2D eigenvalue weighted by atomic mass is 10.0. The first kappa shape index (κ1) is 15.4. The first-order valence-corrected chi connectivity index (χ1v) is 6.33. The van der Waals surface area contributed by atoms with Crippen molar-refractivity contribution in [3.8, 4) is 0 Å². The molecule has 21 heavy (non-hydrogen) atoms. The lowest BCUT2D eigenvalue weighted by molar-refractivity contribution is -0.137. The molecule has 1 aromatic carbocycles. The van der Waals surface area contributed by atoms with Crippen LogP contribution in [-0.2, 0) is 6.18 Å². The van der Waals surface area contributed by atoms with Crippen molar-refractivity contribution < 1.29 is 13.2 Å². The van der Waals surface area contributed by atoms with Crippen LogP contribution in [0.15, 0.2) is 35.3 Å². The number of nitrogens with zero attached hydrogens (tertiary/aromatic N) is 1. The number of nitrogens with one attached hydrogen (secondary N) is 2. The van der Waals surface area contributed by atoms with Gasteiger partial charge in [0.2, 0.25) is 0 Å². The van der Waals surface area contributed by atoms with Crippen LogP contribution in [-0.4, -0.2) is 10.2 Å². The number of benzene rings is 1. The van der Waals surface area contributed by atoms with Crippen LogP contribution in [0, 0.1) is 0 Å². The molecule has 0 aliphatic carbocycles. The van der Waals surface area contributed by atoms with E-state index in [1.165, 1.54) is 12.3 Å². The number of aromatic nitrogens is 2. The van der Waals surface area contributed by atoms with E-state index in [0.717, 1.165) is 12.1 Å². The molecule has 1 unspecified atom stereocenters. The minimum Gasteiger partial charge on any atom is -0.376 e. The molecule has 0 bridgehead atoms. The van der Waals surface area contributed by atoms with Crippen molar-refractivity contribution in [2.75, 3.05) is 5.32 Å². The van der Waals surface area contributed by atoms with Crippen LogP contribution in [0.25, 0.3) is 0 Å². The number of hydrogen-bond donors (Lipinski definition) is 2. The second-order valence-corrected chi connectivity index (χ2v) is 4.79. The maximum absolute atomic E-state index is 12.7. The fourth-order valence-corrected chi connectivity index (χ4v) is 1.93. The fraction of sp³-hybridized carbons (Fsp3) is 0.231. The SMILES string of the molecule is CC(Nc1cn[nH]c(=O)c1Cl)c1cccc(C(F)(F)F)c1. The van der Waals surface area contributed by atoms with Crippen molar-refractivity contribution in [3.05, 3.63) is 57.0 Å². The zero-order chi connectivity index (χ0) is 15.6. The Hall–Kier alpha value is -2.02. The third kappa shape index (κ3) is 3.55. The van der Waals surface area contributed by atoms with Gasteiger partial charge in [0.15, 0.2) is 0 Å². The summed E-state index contributed by atoms with van der Waals surface area (Å²) in [5.74, 6) is 0. The number of hydrogen-bond acceptors (Lipinski definition) is 3. The molecule has 0 radical (unpaired) electrons. The van der Waals surface area contributed by atoms with Gasteiger partial charge in [0.25, 0.3) is 5.56 Å². The number of H-pyrrole nitrogens is 1. The molecule has 0 amide bonds. The van der Waals surface area contributed by atoms with Gasteiger partial charge in [0.1, 0.15) is 5.02 Å². The van der Waals surface area contributed by atoms with E-state index in [1.54, 1.807) is 13.0 Å². The second kappa shape index (κ2) is 5.77. The van der Waals surface area contributed by atoms with E-state index in [2.05, 4.69) is 15.5 Å². The molecule has 1 aromatic heterocycles. The van der Waals surface area contributed by atoms with Gasteiger partial charge in [-0.15, -0.1) is 0 Å². The summed E-state index contributed by atoms with van der Waals surface area (Å²) in [5, 5.41) is 8.51. The summed E-state index contributed by atoms with van der Waals surface area (Å²) in [6.07, 6.45) is -3.10. The topological polar surface area (TPSA) is 57.8 Å². The minimum absolute atomic E-state index is 0.0937. The molecular formula is C13H11ClF3N3O. The molecule has 2 N–H and O–H groups in total. The van der Waals surface area contributed by atoms with E-state index < -0.39 is 23.3 Å². The highest BCUT2D eigenvalue weighted by Gasteiger charge is 2.30. The van der Waals surface area contributed by atoms with Crippen LogP contribution >= 0.6 is 11.6 Å². The molecule has 0 spiro atoms. The van der Waals surface area contributed by atoms with Gasteiger partial charge in [0, 0.05) is 6.04 Å². The highest BCUT2D eigenvalue weighted by atomic mass is 35.5. The first-order valence-electron chi connectivity index (χ1n) is 5.96. The van der Waals surface area contributed by atoms with Gasteiger partial charge in [-0.05, 0) is 24.6 Å². The highest BCUT2D eigenvalue weighted by Crippen LogP contribution is 2.31. The highest BCUT2D eigenvalue weighted by molar-refractivity contribution is 6.32. The summed E-state index contributed by atoms with van der Waals surface area (Å²) >= 11 is 5.80. The van der Waals surface area contributed by atoms with Crippen molar-refractivity contribution in [1.29, 1.82) is 0 Å². The third-order valence-corrected chi connectivity index (χ3v) is 3.26. The standard InChI is InChI=1S/C13H11ClF3N3O/c1-7(19-10-6-18-20-12(21)11(10)14)8-3-2-4-9(5-8)13(15,16)17/h2-7H,1H3,(H2,19,20,21). The molecule has 1 heterocycles. The summed E-state index contributed by atoms with van der Waals surface area (Å²) in [4.78, 5) is 11.3. The molecule has 2 rings (SSSR count). The summed E-state index contributed by atoms with van der Waals surface area (Å²) in [7, 11) is 0. The van der Waals surface area contributed by atoms with Crippen LogP contribution in [0.1, 0.15) is 24.1 Å². The normalized spacial score (nSPS) is 13.0. The van der Waals surface area contributed by atoms with Crippen LogP contribution in [0.3, 0.4) is 0 Å². The Labute approximate surface area is 123 Å². The monoisotopic (exact) mass is 317 g/mol. The summed E-state index contributed by atoms with van der Waals surface area (Å²) in [6.45, 7) is 1.66. The lowest BCUT2D eigenvalue weighted by Crippen LogP contribution is -2.14. The van der Waals surface area contributed by atoms with Crippen LogP contribution < -0.4 is 10.9 Å². The van der Waals surface area contributed by atoms with Crippen molar-refractivity contribution >= 4 is 17.3 Å².